The van der Waals surface area contributed by atoms with E-state index < -0.39 is 0 Å². The van der Waals surface area contributed by atoms with Crippen LogP contribution in [0.15, 0.2) is 16.6 Å². The van der Waals surface area contributed by atoms with Gasteiger partial charge in [-0.25, -0.2) is 4.39 Å². The van der Waals surface area contributed by atoms with E-state index in [0.717, 1.165) is 25.1 Å². The second-order valence-electron chi connectivity index (χ2n) is 3.66. The summed E-state index contributed by atoms with van der Waals surface area (Å²) >= 11 is 3.26. The van der Waals surface area contributed by atoms with Crippen LogP contribution in [-0.4, -0.2) is 13.1 Å². The molecule has 0 unspecified atom stereocenters. The van der Waals surface area contributed by atoms with Crippen molar-refractivity contribution in [2.45, 2.75) is 26.8 Å². The quantitative estimate of drug-likeness (QED) is 0.901. The van der Waals surface area contributed by atoms with Crippen LogP contribution in [-0.2, 0) is 6.54 Å². The Labute approximate surface area is 105 Å². The number of benzene rings is 1. The SMILES string of the molecule is CCCN(CC)c1ccc(CN)c(Br)c1F. The maximum Gasteiger partial charge on any atom is 0.160 e. The lowest BCUT2D eigenvalue weighted by Gasteiger charge is -2.23. The molecule has 0 amide bonds. The normalized spacial score (nSPS) is 10.6. The van der Waals surface area contributed by atoms with Crippen molar-refractivity contribution < 1.29 is 4.39 Å². The lowest BCUT2D eigenvalue weighted by molar-refractivity contribution is 0.608. The number of halogens is 2. The van der Waals surface area contributed by atoms with Crippen molar-refractivity contribution in [3.8, 4) is 0 Å². The maximum absolute atomic E-state index is 14.1. The molecular formula is C12H18BrFN2. The third-order valence-electron chi connectivity index (χ3n) is 2.58. The standard InChI is InChI=1S/C12H18BrFN2/c1-3-7-16(4-2)10-6-5-9(8-15)11(13)12(10)14/h5-6H,3-4,7-8,15H2,1-2H3. The minimum Gasteiger partial charge on any atom is -0.369 e. The van der Waals surface area contributed by atoms with E-state index in [0.29, 0.717) is 16.7 Å². The van der Waals surface area contributed by atoms with Crippen LogP contribution in [0.1, 0.15) is 25.8 Å². The van der Waals surface area contributed by atoms with Gasteiger partial charge >= 0.3 is 0 Å². The third-order valence-corrected chi connectivity index (χ3v) is 3.44. The number of anilines is 1. The molecule has 0 aromatic heterocycles. The predicted molar refractivity (Wildman–Crippen MR) is 70.2 cm³/mol. The van der Waals surface area contributed by atoms with E-state index >= 15 is 0 Å². The summed E-state index contributed by atoms with van der Waals surface area (Å²) in [6, 6.07) is 3.68. The Morgan fingerprint density at radius 1 is 1.38 bits per heavy atom. The molecule has 0 spiro atoms. The minimum absolute atomic E-state index is 0.210. The van der Waals surface area contributed by atoms with Gasteiger partial charge in [0.15, 0.2) is 5.82 Å². The van der Waals surface area contributed by atoms with Crippen LogP contribution >= 0.6 is 15.9 Å². The highest BCUT2D eigenvalue weighted by molar-refractivity contribution is 9.10. The van der Waals surface area contributed by atoms with Gasteiger partial charge in [0, 0.05) is 19.6 Å². The summed E-state index contributed by atoms with van der Waals surface area (Å²) in [6.07, 6.45) is 1.00. The molecule has 0 heterocycles. The monoisotopic (exact) mass is 288 g/mol. The zero-order valence-corrected chi connectivity index (χ0v) is 11.3. The Balaban J connectivity index is 3.09. The van der Waals surface area contributed by atoms with Gasteiger partial charge in [0.05, 0.1) is 10.2 Å². The first-order chi connectivity index (χ1) is 7.65. The molecule has 0 aliphatic heterocycles. The summed E-state index contributed by atoms with van der Waals surface area (Å²) < 4.78 is 14.6. The van der Waals surface area contributed by atoms with Crippen molar-refractivity contribution in [2.24, 2.45) is 5.73 Å². The molecule has 0 radical (unpaired) electrons. The minimum atomic E-state index is -0.210. The number of hydrogen-bond acceptors (Lipinski definition) is 2. The van der Waals surface area contributed by atoms with Gasteiger partial charge in [-0.1, -0.05) is 13.0 Å². The average Bonchev–Trinajstić information content (AvgIpc) is 2.30. The van der Waals surface area contributed by atoms with Gasteiger partial charge in [0.1, 0.15) is 0 Å². The van der Waals surface area contributed by atoms with Gasteiger partial charge in [0.25, 0.3) is 0 Å². The van der Waals surface area contributed by atoms with Crippen LogP contribution in [0.4, 0.5) is 10.1 Å². The summed E-state index contributed by atoms with van der Waals surface area (Å²) in [7, 11) is 0. The first-order valence-corrected chi connectivity index (χ1v) is 6.36. The first-order valence-electron chi connectivity index (χ1n) is 5.57. The molecule has 2 nitrogen and oxygen atoms in total. The Morgan fingerprint density at radius 2 is 2.06 bits per heavy atom. The fourth-order valence-electron chi connectivity index (χ4n) is 1.70. The molecule has 0 saturated carbocycles. The second kappa shape index (κ2) is 6.21. The summed E-state index contributed by atoms with van der Waals surface area (Å²) in [5, 5.41) is 0. The van der Waals surface area contributed by atoms with E-state index in [2.05, 4.69) is 22.9 Å². The molecular weight excluding hydrogens is 271 g/mol. The zero-order valence-electron chi connectivity index (χ0n) is 9.76. The van der Waals surface area contributed by atoms with Gasteiger partial charge in [-0.15, -0.1) is 0 Å². The number of nitrogens with two attached hydrogens (primary N) is 1. The molecule has 0 aliphatic carbocycles. The summed E-state index contributed by atoms with van der Waals surface area (Å²) in [4.78, 5) is 2.03. The van der Waals surface area contributed by atoms with Crippen LogP contribution in [0, 0.1) is 5.82 Å². The van der Waals surface area contributed by atoms with Crippen LogP contribution < -0.4 is 10.6 Å². The molecule has 0 aliphatic rings. The molecule has 90 valence electrons. The van der Waals surface area contributed by atoms with E-state index in [1.54, 1.807) is 6.07 Å². The molecule has 4 heteroatoms. The van der Waals surface area contributed by atoms with Crippen LogP contribution in [0.2, 0.25) is 0 Å². The Hall–Kier alpha value is -0.610. The summed E-state index contributed by atoms with van der Waals surface area (Å²) in [5.41, 5.74) is 6.97. The largest absolute Gasteiger partial charge is 0.369 e. The van der Waals surface area contributed by atoms with Crippen LogP contribution in [0.3, 0.4) is 0 Å². The molecule has 16 heavy (non-hydrogen) atoms. The number of hydrogen-bond donors (Lipinski definition) is 1. The topological polar surface area (TPSA) is 29.3 Å². The van der Waals surface area contributed by atoms with Crippen molar-refractivity contribution in [1.29, 1.82) is 0 Å². The van der Waals surface area contributed by atoms with Crippen molar-refractivity contribution in [1.82, 2.24) is 0 Å². The van der Waals surface area contributed by atoms with Crippen molar-refractivity contribution >= 4 is 21.6 Å². The van der Waals surface area contributed by atoms with Gasteiger partial charge < -0.3 is 10.6 Å². The molecule has 1 aromatic rings. The third kappa shape index (κ3) is 2.74. The van der Waals surface area contributed by atoms with Gasteiger partial charge in [-0.05, 0) is 40.9 Å². The van der Waals surface area contributed by atoms with Gasteiger partial charge in [-0.3, -0.25) is 0 Å². The number of nitrogens with zero attached hydrogens (tertiary/aromatic N) is 1. The molecule has 0 saturated heterocycles. The van der Waals surface area contributed by atoms with E-state index in [1.165, 1.54) is 0 Å². The average molecular weight is 289 g/mol. The lowest BCUT2D eigenvalue weighted by Crippen LogP contribution is -2.24. The van der Waals surface area contributed by atoms with E-state index in [-0.39, 0.29) is 5.82 Å². The summed E-state index contributed by atoms with van der Waals surface area (Å²) in [6.45, 7) is 6.13. The lowest BCUT2D eigenvalue weighted by atomic mass is 10.1. The molecule has 1 aromatic carbocycles. The summed E-state index contributed by atoms with van der Waals surface area (Å²) in [5.74, 6) is -0.210. The second-order valence-corrected chi connectivity index (χ2v) is 4.45. The van der Waals surface area contributed by atoms with Gasteiger partial charge in [0.2, 0.25) is 0 Å². The van der Waals surface area contributed by atoms with Gasteiger partial charge in [-0.2, -0.15) is 0 Å². The smallest absolute Gasteiger partial charge is 0.160 e. The fraction of sp³-hybridized carbons (Fsp3) is 0.500. The van der Waals surface area contributed by atoms with E-state index in [1.807, 2.05) is 17.9 Å². The predicted octanol–water partition coefficient (Wildman–Crippen LogP) is 3.28. The molecule has 1 rings (SSSR count). The number of rotatable bonds is 5. The highest BCUT2D eigenvalue weighted by Gasteiger charge is 2.14. The van der Waals surface area contributed by atoms with E-state index in [9.17, 15) is 4.39 Å². The van der Waals surface area contributed by atoms with Crippen LogP contribution in [0.5, 0.6) is 0 Å². The van der Waals surface area contributed by atoms with E-state index in [4.69, 9.17) is 5.73 Å². The molecule has 0 fully saturated rings. The first kappa shape index (κ1) is 13.5. The molecule has 2 N–H and O–H groups in total. The Kier molecular flexibility index (Phi) is 5.22. The maximum atomic E-state index is 14.1. The molecule has 0 bridgehead atoms. The Morgan fingerprint density at radius 3 is 2.56 bits per heavy atom. The Bertz CT molecular complexity index is 355. The molecule has 0 atom stereocenters. The highest BCUT2D eigenvalue weighted by atomic mass is 79.9. The van der Waals surface area contributed by atoms with Crippen molar-refractivity contribution in [3.63, 3.8) is 0 Å². The fourth-order valence-corrected chi connectivity index (χ4v) is 2.20. The zero-order chi connectivity index (χ0) is 12.1. The van der Waals surface area contributed by atoms with Crippen LogP contribution in [0.25, 0.3) is 0 Å². The van der Waals surface area contributed by atoms with Crippen molar-refractivity contribution in [2.75, 3.05) is 18.0 Å². The van der Waals surface area contributed by atoms with Crippen molar-refractivity contribution in [3.05, 3.63) is 28.0 Å². The highest BCUT2D eigenvalue weighted by Crippen LogP contribution is 2.29.